The van der Waals surface area contributed by atoms with Crippen LogP contribution in [0.5, 0.6) is 5.75 Å². The largest absolute Gasteiger partial charge is 0.487 e. The van der Waals surface area contributed by atoms with E-state index in [9.17, 15) is 14.9 Å². The molecule has 0 fully saturated rings. The van der Waals surface area contributed by atoms with Crippen LogP contribution in [0.25, 0.3) is 11.5 Å². The molecule has 0 aliphatic heterocycles. The Morgan fingerprint density at radius 3 is 2.52 bits per heavy atom. The molecule has 1 atom stereocenters. The smallest absolute Gasteiger partial charge is 0.338 e. The van der Waals surface area contributed by atoms with Crippen LogP contribution in [0.3, 0.4) is 0 Å². The van der Waals surface area contributed by atoms with Gasteiger partial charge in [0.05, 0.1) is 21.2 Å². The molecular weight excluding hydrogens is 448 g/mol. The predicted molar refractivity (Wildman–Crippen MR) is 118 cm³/mol. The van der Waals surface area contributed by atoms with Crippen molar-refractivity contribution in [3.63, 3.8) is 0 Å². The molecule has 2 aromatic heterocycles. The SMILES string of the molecule is Cc1nc(COc2ccc(C(=O)OC(C)c3nnc(-c4ccc([N+](=O)[O-])cc4)o3)cc2)cs1. The van der Waals surface area contributed by atoms with Crippen molar-refractivity contribution in [3.8, 4) is 17.2 Å². The number of thiazole rings is 1. The first-order valence-corrected chi connectivity index (χ1v) is 10.7. The average molecular weight is 466 g/mol. The minimum absolute atomic E-state index is 0.0459. The van der Waals surface area contributed by atoms with Gasteiger partial charge in [-0.3, -0.25) is 10.1 Å². The number of esters is 1. The molecule has 0 spiro atoms. The highest BCUT2D eigenvalue weighted by molar-refractivity contribution is 7.09. The topological polar surface area (TPSA) is 130 Å². The van der Waals surface area contributed by atoms with Gasteiger partial charge in [-0.2, -0.15) is 0 Å². The Hall–Kier alpha value is -4.12. The lowest BCUT2D eigenvalue weighted by Crippen LogP contribution is -2.09. The number of benzene rings is 2. The maximum atomic E-state index is 12.5. The van der Waals surface area contributed by atoms with E-state index in [-0.39, 0.29) is 17.5 Å². The molecule has 0 radical (unpaired) electrons. The maximum Gasteiger partial charge on any atom is 0.338 e. The Balaban J connectivity index is 1.35. The number of carbonyl (C=O) groups excluding carboxylic acids is 1. The van der Waals surface area contributed by atoms with E-state index >= 15 is 0 Å². The van der Waals surface area contributed by atoms with Gasteiger partial charge in [0.15, 0.2) is 6.10 Å². The molecule has 11 heteroatoms. The van der Waals surface area contributed by atoms with Crippen LogP contribution in [0.15, 0.2) is 58.3 Å². The van der Waals surface area contributed by atoms with E-state index in [2.05, 4.69) is 15.2 Å². The zero-order chi connectivity index (χ0) is 23.4. The van der Waals surface area contributed by atoms with E-state index in [1.165, 1.54) is 24.3 Å². The van der Waals surface area contributed by atoms with Gasteiger partial charge in [0.25, 0.3) is 11.6 Å². The molecule has 4 rings (SSSR count). The average Bonchev–Trinajstić information content (AvgIpc) is 3.47. The summed E-state index contributed by atoms with van der Waals surface area (Å²) >= 11 is 1.56. The standard InChI is InChI=1S/C22H18N4O6S/c1-13(20-24-25-21(32-20)15-3-7-18(8-4-15)26(28)29)31-22(27)16-5-9-19(10-6-16)30-11-17-12-33-14(2)23-17/h3-10,12-13H,11H2,1-2H3. The van der Waals surface area contributed by atoms with Crippen LogP contribution in [0.2, 0.25) is 0 Å². The maximum absolute atomic E-state index is 12.5. The Kier molecular flexibility index (Phi) is 6.41. The molecule has 0 saturated carbocycles. The molecule has 0 saturated heterocycles. The third kappa shape index (κ3) is 5.39. The van der Waals surface area contributed by atoms with Gasteiger partial charge in [0, 0.05) is 23.1 Å². The number of hydrogen-bond donors (Lipinski definition) is 0. The predicted octanol–water partition coefficient (Wildman–Crippen LogP) is 4.91. The first-order chi connectivity index (χ1) is 15.9. The molecule has 0 bridgehead atoms. The molecule has 33 heavy (non-hydrogen) atoms. The lowest BCUT2D eigenvalue weighted by molar-refractivity contribution is -0.384. The van der Waals surface area contributed by atoms with Crippen molar-refractivity contribution >= 4 is 23.0 Å². The number of nitro benzene ring substituents is 1. The fraction of sp³-hybridized carbons (Fsp3) is 0.182. The summed E-state index contributed by atoms with van der Waals surface area (Å²) in [5.41, 5.74) is 1.66. The number of nitro groups is 1. The Morgan fingerprint density at radius 1 is 1.15 bits per heavy atom. The minimum atomic E-state index is -0.791. The number of aromatic nitrogens is 3. The molecule has 1 unspecified atom stereocenters. The van der Waals surface area contributed by atoms with Crippen molar-refractivity contribution in [2.75, 3.05) is 0 Å². The fourth-order valence-corrected chi connectivity index (χ4v) is 3.44. The summed E-state index contributed by atoms with van der Waals surface area (Å²) in [4.78, 5) is 27.1. The molecule has 2 aromatic carbocycles. The van der Waals surface area contributed by atoms with Gasteiger partial charge >= 0.3 is 5.97 Å². The van der Waals surface area contributed by atoms with Gasteiger partial charge < -0.3 is 13.9 Å². The lowest BCUT2D eigenvalue weighted by Gasteiger charge is -2.10. The quantitative estimate of drug-likeness (QED) is 0.202. The normalized spacial score (nSPS) is 11.7. The number of carbonyl (C=O) groups is 1. The zero-order valence-electron chi connectivity index (χ0n) is 17.6. The third-order valence-corrected chi connectivity index (χ3v) is 5.36. The van der Waals surface area contributed by atoms with Gasteiger partial charge in [-0.1, -0.05) is 0 Å². The fourth-order valence-electron chi connectivity index (χ4n) is 2.84. The highest BCUT2D eigenvalue weighted by Gasteiger charge is 2.20. The first-order valence-electron chi connectivity index (χ1n) is 9.82. The summed E-state index contributed by atoms with van der Waals surface area (Å²) in [6.07, 6.45) is -0.791. The molecule has 2 heterocycles. The number of rotatable bonds is 8. The Morgan fingerprint density at radius 2 is 1.88 bits per heavy atom. The van der Waals surface area contributed by atoms with Gasteiger partial charge in [-0.25, -0.2) is 9.78 Å². The third-order valence-electron chi connectivity index (χ3n) is 4.54. The summed E-state index contributed by atoms with van der Waals surface area (Å²) in [5, 5.41) is 21.5. The summed E-state index contributed by atoms with van der Waals surface area (Å²) in [7, 11) is 0. The van der Waals surface area contributed by atoms with Crippen LogP contribution in [-0.2, 0) is 11.3 Å². The van der Waals surface area contributed by atoms with E-state index in [0.717, 1.165) is 10.7 Å². The van der Waals surface area contributed by atoms with E-state index < -0.39 is 17.0 Å². The monoisotopic (exact) mass is 466 g/mol. The van der Waals surface area contributed by atoms with Crippen molar-refractivity contribution in [2.45, 2.75) is 26.6 Å². The summed E-state index contributed by atoms with van der Waals surface area (Å²) < 4.78 is 16.7. The Bertz CT molecular complexity index is 1270. The van der Waals surface area contributed by atoms with E-state index in [1.54, 1.807) is 42.5 Å². The van der Waals surface area contributed by atoms with E-state index in [4.69, 9.17) is 13.9 Å². The van der Waals surface area contributed by atoms with Crippen LogP contribution in [0.4, 0.5) is 5.69 Å². The van der Waals surface area contributed by atoms with Gasteiger partial charge in [0.2, 0.25) is 5.89 Å². The van der Waals surface area contributed by atoms with Gasteiger partial charge in [-0.05, 0) is 50.2 Å². The van der Waals surface area contributed by atoms with Crippen LogP contribution in [0.1, 0.15) is 40.0 Å². The summed E-state index contributed by atoms with van der Waals surface area (Å²) in [5.74, 6) is 0.323. The van der Waals surface area contributed by atoms with Crippen molar-refractivity contribution in [2.24, 2.45) is 0 Å². The van der Waals surface area contributed by atoms with Crippen molar-refractivity contribution in [1.29, 1.82) is 0 Å². The van der Waals surface area contributed by atoms with Gasteiger partial charge in [-0.15, -0.1) is 21.5 Å². The van der Waals surface area contributed by atoms with Crippen molar-refractivity contribution in [3.05, 3.63) is 86.2 Å². The molecule has 0 aliphatic carbocycles. The number of aryl methyl sites for hydroxylation is 1. The minimum Gasteiger partial charge on any atom is -0.487 e. The first kappa shape index (κ1) is 22.1. The molecule has 0 N–H and O–H groups in total. The van der Waals surface area contributed by atoms with Crippen LogP contribution >= 0.6 is 11.3 Å². The number of hydrogen-bond acceptors (Lipinski definition) is 10. The second kappa shape index (κ2) is 9.57. The lowest BCUT2D eigenvalue weighted by atomic mass is 10.2. The molecule has 10 nitrogen and oxygen atoms in total. The Labute approximate surface area is 192 Å². The summed E-state index contributed by atoms with van der Waals surface area (Å²) in [6, 6.07) is 12.3. The molecule has 0 aliphatic rings. The van der Waals surface area contributed by atoms with Crippen LogP contribution in [-0.4, -0.2) is 26.1 Å². The van der Waals surface area contributed by atoms with E-state index in [0.29, 0.717) is 23.5 Å². The number of ether oxygens (including phenoxy) is 2. The summed E-state index contributed by atoms with van der Waals surface area (Å²) in [6.45, 7) is 3.89. The second-order valence-corrected chi connectivity index (χ2v) is 8.03. The number of nitrogens with zero attached hydrogens (tertiary/aromatic N) is 4. The second-order valence-electron chi connectivity index (χ2n) is 6.97. The number of non-ortho nitro benzene ring substituents is 1. The zero-order valence-corrected chi connectivity index (χ0v) is 18.4. The van der Waals surface area contributed by atoms with Crippen molar-refractivity contribution < 1.29 is 23.6 Å². The van der Waals surface area contributed by atoms with Crippen LogP contribution in [0, 0.1) is 17.0 Å². The molecule has 0 amide bonds. The molecule has 4 aromatic rings. The molecule has 168 valence electrons. The van der Waals surface area contributed by atoms with Crippen LogP contribution < -0.4 is 4.74 Å². The molecular formula is C22H18N4O6S. The highest BCUT2D eigenvalue weighted by atomic mass is 32.1. The van der Waals surface area contributed by atoms with Crippen molar-refractivity contribution in [1.82, 2.24) is 15.2 Å². The van der Waals surface area contributed by atoms with E-state index in [1.807, 2.05) is 12.3 Å². The highest BCUT2D eigenvalue weighted by Crippen LogP contribution is 2.25. The van der Waals surface area contributed by atoms with Gasteiger partial charge in [0.1, 0.15) is 12.4 Å².